The molecule has 3 aromatic heterocycles. The number of benzene rings is 1. The van der Waals surface area contributed by atoms with Crippen LogP contribution in [0.1, 0.15) is 104 Å². The summed E-state index contributed by atoms with van der Waals surface area (Å²) in [7, 11) is -3.91. The van der Waals surface area contributed by atoms with E-state index in [1.54, 1.807) is 73.0 Å². The van der Waals surface area contributed by atoms with Crippen LogP contribution in [0.2, 0.25) is 0 Å². The van der Waals surface area contributed by atoms with E-state index in [-0.39, 0.29) is 47.4 Å². The summed E-state index contributed by atoms with van der Waals surface area (Å²) >= 11 is 0. The van der Waals surface area contributed by atoms with Crippen molar-refractivity contribution < 1.29 is 37.0 Å². The van der Waals surface area contributed by atoms with Gasteiger partial charge in [-0.2, -0.15) is 4.68 Å². The van der Waals surface area contributed by atoms with Crippen LogP contribution in [0.5, 0.6) is 5.75 Å². The molecule has 4 aromatic rings. The van der Waals surface area contributed by atoms with Crippen molar-refractivity contribution in [1.82, 2.24) is 54.6 Å². The maximum atomic E-state index is 14.1. The van der Waals surface area contributed by atoms with Gasteiger partial charge in [0.25, 0.3) is 5.91 Å². The van der Waals surface area contributed by atoms with Gasteiger partial charge in [0.1, 0.15) is 34.0 Å². The van der Waals surface area contributed by atoms with Crippen LogP contribution >= 0.6 is 0 Å². The largest absolute Gasteiger partial charge is 0.492 e. The molecule has 72 heavy (non-hydrogen) atoms. The fourth-order valence-electron chi connectivity index (χ4n) is 8.89. The molecule has 0 unspecified atom stereocenters. The number of carbonyl (C=O) groups excluding carboxylic acids is 3. The van der Waals surface area contributed by atoms with Gasteiger partial charge in [0, 0.05) is 120 Å². The number of carbonyl (C=O) groups is 3. The molecule has 2 N–H and O–H groups in total. The molecule has 394 valence electrons. The van der Waals surface area contributed by atoms with E-state index >= 15 is 0 Å². The standard InChI is InChI=1S/C50H75N13O8S/c1-32-25-51-37(30-62(32)46(65)70-48(5,6)7)29-60-20-21-61(28-33(60)2)45-52-26-36(27-53-45)44(64)59-18-16-58(17-19-59)15-14-22-69-40-24-39-38(23-41(40)72(67,68)50(11,12)13)43(55-31-54-39)56-42-34(3)35(4)63(57-42)47(66)71-49(8,9)10/h23-24,26-27,31-33,37,51H,14-22,25,28-30H2,1-13H3,(H,54,55,56,57)/t32-,33+,37-/m0/s1. The topological polar surface area (TPSA) is 223 Å². The third kappa shape index (κ3) is 12.7. The van der Waals surface area contributed by atoms with E-state index in [0.717, 1.165) is 26.2 Å². The van der Waals surface area contributed by atoms with Crippen LogP contribution < -0.4 is 20.3 Å². The molecule has 2 amide bonds. The van der Waals surface area contributed by atoms with Crippen molar-refractivity contribution in [3.8, 4) is 5.75 Å². The van der Waals surface area contributed by atoms with Crippen molar-refractivity contribution in [2.24, 2.45) is 0 Å². The van der Waals surface area contributed by atoms with Gasteiger partial charge >= 0.3 is 12.2 Å². The van der Waals surface area contributed by atoms with E-state index in [2.05, 4.69) is 57.3 Å². The van der Waals surface area contributed by atoms with Gasteiger partial charge < -0.3 is 39.5 Å². The van der Waals surface area contributed by atoms with Gasteiger partial charge in [0.05, 0.1) is 28.1 Å². The molecule has 3 fully saturated rings. The number of amides is 2. The number of piperazine rings is 3. The zero-order chi connectivity index (χ0) is 52.5. The summed E-state index contributed by atoms with van der Waals surface area (Å²) in [6.07, 6.45) is 4.34. The second-order valence-corrected chi connectivity index (χ2v) is 24.9. The molecule has 6 heterocycles. The van der Waals surface area contributed by atoms with Gasteiger partial charge in [0.2, 0.25) is 5.95 Å². The molecule has 21 nitrogen and oxygen atoms in total. The molecule has 3 atom stereocenters. The van der Waals surface area contributed by atoms with Crippen LogP contribution in [-0.4, -0.2) is 189 Å². The number of nitrogens with one attached hydrogen (secondary N) is 2. The fourth-order valence-corrected chi connectivity index (χ4v) is 10.2. The molecule has 3 saturated heterocycles. The van der Waals surface area contributed by atoms with Gasteiger partial charge in [-0.3, -0.25) is 14.6 Å². The van der Waals surface area contributed by atoms with E-state index in [1.165, 1.54) is 11.0 Å². The first kappa shape index (κ1) is 54.1. The van der Waals surface area contributed by atoms with Crippen molar-refractivity contribution in [1.29, 1.82) is 0 Å². The zero-order valence-electron chi connectivity index (χ0n) is 44.4. The number of rotatable bonds is 12. The Kier molecular flexibility index (Phi) is 16.1. The minimum Gasteiger partial charge on any atom is -0.492 e. The number of hydrogen-bond donors (Lipinski definition) is 2. The van der Waals surface area contributed by atoms with Crippen LogP contribution in [0.25, 0.3) is 10.9 Å². The highest BCUT2D eigenvalue weighted by molar-refractivity contribution is 7.92. The number of fused-ring (bicyclic) bond motifs is 1. The Balaban J connectivity index is 0.902. The summed E-state index contributed by atoms with van der Waals surface area (Å²) in [4.78, 5) is 68.1. The maximum Gasteiger partial charge on any atom is 0.435 e. The first-order valence-electron chi connectivity index (χ1n) is 25.0. The molecule has 3 aliphatic rings. The van der Waals surface area contributed by atoms with Gasteiger partial charge in [-0.1, -0.05) is 0 Å². The number of ether oxygens (including phenoxy) is 3. The highest BCUT2D eigenvalue weighted by Crippen LogP contribution is 2.37. The number of sulfone groups is 1. The molecule has 0 radical (unpaired) electrons. The SMILES string of the molecule is Cc1c(Nc2ncnc3cc(OCCCN4CCN(C(=O)c5cnc(N6CCN(C[C@H]7CN(C(=O)OC(C)(C)C)[C@@H](C)CN7)[C@H](C)C6)nc5)CC4)c(S(=O)(=O)C(C)(C)C)cc23)nn(C(=O)OC(C)(C)C)c1C. The normalized spacial score (nSPS) is 19.9. The first-order chi connectivity index (χ1) is 33.7. The minimum atomic E-state index is -3.91. The van der Waals surface area contributed by atoms with Crippen molar-refractivity contribution in [3.05, 3.63) is 47.7 Å². The second-order valence-electron chi connectivity index (χ2n) is 22.2. The Bertz CT molecular complexity index is 2710. The first-order valence-corrected chi connectivity index (χ1v) is 26.5. The quantitative estimate of drug-likeness (QED) is 0.163. The van der Waals surface area contributed by atoms with Gasteiger partial charge in [-0.15, -0.1) is 5.10 Å². The van der Waals surface area contributed by atoms with E-state index in [4.69, 9.17) is 14.2 Å². The second kappa shape index (κ2) is 21.4. The highest BCUT2D eigenvalue weighted by Gasteiger charge is 2.37. The highest BCUT2D eigenvalue weighted by atomic mass is 32.2. The number of anilines is 3. The average Bonchev–Trinajstić information content (AvgIpc) is 3.58. The van der Waals surface area contributed by atoms with Crippen molar-refractivity contribution in [2.75, 3.05) is 88.8 Å². The molecule has 22 heteroatoms. The van der Waals surface area contributed by atoms with Crippen LogP contribution in [0.4, 0.5) is 27.2 Å². The third-order valence-electron chi connectivity index (χ3n) is 13.2. The molecule has 0 spiro atoms. The van der Waals surface area contributed by atoms with Crippen molar-refractivity contribution in [3.63, 3.8) is 0 Å². The third-order valence-corrected chi connectivity index (χ3v) is 15.7. The minimum absolute atomic E-state index is 0.0157. The Hall–Kier alpha value is -5.71. The number of hydrogen-bond acceptors (Lipinski definition) is 18. The predicted octanol–water partition coefficient (Wildman–Crippen LogP) is 5.67. The molecule has 1 aromatic carbocycles. The lowest BCUT2D eigenvalue weighted by Crippen LogP contribution is -2.63. The number of nitrogens with zero attached hydrogens (tertiary/aromatic N) is 11. The van der Waals surface area contributed by atoms with Crippen LogP contribution in [-0.2, 0) is 19.3 Å². The van der Waals surface area contributed by atoms with E-state index in [9.17, 15) is 22.8 Å². The summed E-state index contributed by atoms with van der Waals surface area (Å²) in [6, 6.07) is 3.57. The molecular formula is C50H75N13O8S. The monoisotopic (exact) mass is 1020 g/mol. The molecule has 0 bridgehead atoms. The molecular weight excluding hydrogens is 943 g/mol. The molecule has 0 aliphatic carbocycles. The lowest BCUT2D eigenvalue weighted by Gasteiger charge is -2.44. The predicted molar refractivity (Wildman–Crippen MR) is 275 cm³/mol. The fraction of sp³-hybridized carbons (Fsp3) is 0.640. The van der Waals surface area contributed by atoms with Gasteiger partial charge in [-0.25, -0.2) is 37.9 Å². The van der Waals surface area contributed by atoms with E-state index < -0.39 is 31.9 Å². The van der Waals surface area contributed by atoms with Crippen molar-refractivity contribution in [2.45, 2.75) is 135 Å². The summed E-state index contributed by atoms with van der Waals surface area (Å²) in [6.45, 7) is 31.5. The zero-order valence-corrected chi connectivity index (χ0v) is 45.2. The summed E-state index contributed by atoms with van der Waals surface area (Å²) in [5.41, 5.74) is 0.911. The molecule has 0 saturated carbocycles. The maximum absolute atomic E-state index is 14.1. The Morgan fingerprint density at radius 3 is 2.11 bits per heavy atom. The van der Waals surface area contributed by atoms with Crippen LogP contribution in [0.15, 0.2) is 35.7 Å². The smallest absolute Gasteiger partial charge is 0.435 e. The van der Waals surface area contributed by atoms with E-state index in [0.29, 0.717) is 97.5 Å². The van der Waals surface area contributed by atoms with Crippen LogP contribution in [0.3, 0.4) is 0 Å². The van der Waals surface area contributed by atoms with Crippen molar-refractivity contribution >= 4 is 56.4 Å². The average molecular weight is 1020 g/mol. The lowest BCUT2D eigenvalue weighted by molar-refractivity contribution is 0.00693. The van der Waals surface area contributed by atoms with E-state index in [1.807, 2.05) is 44.4 Å². The Labute approximate surface area is 424 Å². The summed E-state index contributed by atoms with van der Waals surface area (Å²) in [5.74, 6) is 1.36. The van der Waals surface area contributed by atoms with Gasteiger partial charge in [-0.05, 0) is 102 Å². The summed E-state index contributed by atoms with van der Waals surface area (Å²) < 4.78 is 45.7. The lowest BCUT2D eigenvalue weighted by atomic mass is 10.1. The van der Waals surface area contributed by atoms with Gasteiger partial charge in [0.15, 0.2) is 15.7 Å². The van der Waals surface area contributed by atoms with Crippen LogP contribution in [0, 0.1) is 13.8 Å². The molecule has 7 rings (SSSR count). The Morgan fingerprint density at radius 1 is 0.806 bits per heavy atom. The molecule has 3 aliphatic heterocycles. The summed E-state index contributed by atoms with van der Waals surface area (Å²) in [5, 5.41) is 11.7. The Morgan fingerprint density at radius 2 is 1.47 bits per heavy atom. The number of aromatic nitrogens is 6.